The van der Waals surface area contributed by atoms with Crippen LogP contribution in [0.1, 0.15) is 111 Å². The molecule has 3 amide bonds. The van der Waals surface area contributed by atoms with E-state index in [2.05, 4.69) is 55.5 Å². The molecule has 6 fully saturated rings. The van der Waals surface area contributed by atoms with Gasteiger partial charge in [0.05, 0.1) is 50.8 Å². The molecule has 4 aromatic rings. The maximum atomic E-state index is 13.9. The molecule has 0 radical (unpaired) electrons. The number of nitrogens with zero attached hydrogens (tertiary/aromatic N) is 5. The molecule has 3 saturated heterocycles. The van der Waals surface area contributed by atoms with Gasteiger partial charge in [0.2, 0.25) is 5.91 Å². The van der Waals surface area contributed by atoms with E-state index >= 15 is 0 Å². The van der Waals surface area contributed by atoms with Crippen LogP contribution in [-0.2, 0) is 29.9 Å². The molecule has 5 heterocycles. The van der Waals surface area contributed by atoms with Crippen molar-refractivity contribution in [3.8, 4) is 11.3 Å². The van der Waals surface area contributed by atoms with Gasteiger partial charge in [0, 0.05) is 43.5 Å². The average Bonchev–Trinajstić information content (AvgIpc) is 4.11. The topological polar surface area (TPSA) is 149 Å². The fraction of sp³-hybridized carbons (Fsp3) is 0.523. The highest BCUT2D eigenvalue weighted by Crippen LogP contribution is 2.58. The summed E-state index contributed by atoms with van der Waals surface area (Å²) in [4.78, 5) is 62.6. The number of aromatic nitrogens is 4. The molecule has 3 atom stereocenters. The number of fused-ring (bicyclic) bond motifs is 3. The van der Waals surface area contributed by atoms with E-state index in [4.69, 9.17) is 19.4 Å². The van der Waals surface area contributed by atoms with Gasteiger partial charge in [-0.05, 0) is 86.3 Å². The zero-order chi connectivity index (χ0) is 39.0. The number of hydrogen-bond donors (Lipinski definition) is 3. The number of alkyl carbamates (subject to hydrolysis) is 1. The van der Waals surface area contributed by atoms with E-state index in [1.807, 2.05) is 41.4 Å². The van der Waals surface area contributed by atoms with E-state index in [1.165, 1.54) is 18.4 Å². The number of nitrogens with one attached hydrogen (secondary N) is 3. The van der Waals surface area contributed by atoms with Crippen LogP contribution < -0.4 is 5.32 Å². The smallest absolute Gasteiger partial charge is 0.407 e. The Bertz CT molecular complexity index is 2030. The Kier molecular flexibility index (Phi) is 10.4. The number of carbonyl (C=O) groups is 3. The van der Waals surface area contributed by atoms with Gasteiger partial charge in [-0.25, -0.2) is 14.8 Å². The molecule has 3 unspecified atom stereocenters. The number of H-pyrrole nitrogens is 2. The zero-order valence-electron chi connectivity index (χ0n) is 32.9. The molecule has 2 aromatic heterocycles. The highest BCUT2D eigenvalue weighted by molar-refractivity contribution is 5.87. The normalized spacial score (nSPS) is 26.8. The van der Waals surface area contributed by atoms with Crippen LogP contribution in [0.25, 0.3) is 11.3 Å². The van der Waals surface area contributed by atoms with Crippen molar-refractivity contribution in [1.29, 1.82) is 0 Å². The third-order valence-corrected chi connectivity index (χ3v) is 13.8. The van der Waals surface area contributed by atoms with Gasteiger partial charge in [0.15, 0.2) is 0 Å². The van der Waals surface area contributed by atoms with Crippen molar-refractivity contribution in [2.45, 2.75) is 93.2 Å². The molecule has 57 heavy (non-hydrogen) atoms. The van der Waals surface area contributed by atoms with Crippen molar-refractivity contribution >= 4 is 17.9 Å². The summed E-state index contributed by atoms with van der Waals surface area (Å²) in [5.41, 5.74) is 5.64. The molecule has 3 aliphatic carbocycles. The number of aromatic amines is 2. The minimum Gasteiger partial charge on any atom is -0.453 e. The van der Waals surface area contributed by atoms with Gasteiger partial charge in [-0.15, -0.1) is 0 Å². The first-order valence-electron chi connectivity index (χ1n) is 20.9. The SMILES string of the molecule is COC(=O)NC(C(=O)N1CCCC1c1ncc(-c2ccc(C34CCC(c5cnc(C6CCCN6C(=O)CN6CCOCC6)[nH]5)(CC3)CC4)cc2)[nH]1)c1ccccc1. The van der Waals surface area contributed by atoms with Crippen molar-refractivity contribution in [2.24, 2.45) is 0 Å². The van der Waals surface area contributed by atoms with Crippen molar-refractivity contribution in [3.63, 3.8) is 0 Å². The fourth-order valence-electron chi connectivity index (χ4n) is 10.4. The Morgan fingerprint density at radius 1 is 0.807 bits per heavy atom. The van der Waals surface area contributed by atoms with Crippen LogP contribution in [0, 0.1) is 0 Å². The van der Waals surface area contributed by atoms with Crippen LogP contribution in [0.15, 0.2) is 67.0 Å². The van der Waals surface area contributed by atoms with E-state index in [0.29, 0.717) is 31.9 Å². The van der Waals surface area contributed by atoms with E-state index in [0.717, 1.165) is 107 Å². The maximum Gasteiger partial charge on any atom is 0.407 e. The average molecular weight is 775 g/mol. The summed E-state index contributed by atoms with van der Waals surface area (Å²) in [6.45, 7) is 4.86. The quantitative estimate of drug-likeness (QED) is 0.175. The number of amides is 3. The molecule has 6 aliphatic rings. The van der Waals surface area contributed by atoms with Crippen LogP contribution in [0.4, 0.5) is 4.79 Å². The Morgan fingerprint density at radius 3 is 2.14 bits per heavy atom. The summed E-state index contributed by atoms with van der Waals surface area (Å²) < 4.78 is 10.3. The largest absolute Gasteiger partial charge is 0.453 e. The highest BCUT2D eigenvalue weighted by Gasteiger charge is 2.51. The number of likely N-dealkylation sites (tertiary alicyclic amines) is 2. The molecule has 0 spiro atoms. The first-order chi connectivity index (χ1) is 27.8. The summed E-state index contributed by atoms with van der Waals surface area (Å²) in [7, 11) is 1.30. The lowest BCUT2D eigenvalue weighted by molar-refractivity contribution is -0.135. The summed E-state index contributed by atoms with van der Waals surface area (Å²) >= 11 is 0. The lowest BCUT2D eigenvalue weighted by atomic mass is 9.51. The number of morpholine rings is 1. The molecular formula is C44H54N8O5. The molecular weight excluding hydrogens is 721 g/mol. The van der Waals surface area contributed by atoms with Gasteiger partial charge in [0.25, 0.3) is 5.91 Å². The van der Waals surface area contributed by atoms with Gasteiger partial charge in [-0.1, -0.05) is 54.6 Å². The van der Waals surface area contributed by atoms with Crippen molar-refractivity contribution in [2.75, 3.05) is 53.0 Å². The van der Waals surface area contributed by atoms with Crippen LogP contribution in [0.2, 0.25) is 0 Å². The zero-order valence-corrected chi connectivity index (χ0v) is 32.9. The van der Waals surface area contributed by atoms with Gasteiger partial charge >= 0.3 is 6.09 Å². The van der Waals surface area contributed by atoms with Crippen molar-refractivity contribution in [3.05, 3.63) is 95.5 Å². The van der Waals surface area contributed by atoms with E-state index in [-0.39, 0.29) is 34.7 Å². The number of methoxy groups -OCH3 is 1. The van der Waals surface area contributed by atoms with Gasteiger partial charge in [0.1, 0.15) is 17.7 Å². The first-order valence-corrected chi connectivity index (χ1v) is 20.9. The lowest BCUT2D eigenvalue weighted by Crippen LogP contribution is -2.46. The second-order valence-corrected chi connectivity index (χ2v) is 16.8. The van der Waals surface area contributed by atoms with Gasteiger partial charge < -0.3 is 34.6 Å². The van der Waals surface area contributed by atoms with Crippen LogP contribution in [-0.4, -0.2) is 106 Å². The number of benzene rings is 2. The Morgan fingerprint density at radius 2 is 1.44 bits per heavy atom. The molecule has 3 aliphatic heterocycles. The van der Waals surface area contributed by atoms with Crippen LogP contribution in [0.3, 0.4) is 0 Å². The molecule has 2 aromatic carbocycles. The predicted octanol–water partition coefficient (Wildman–Crippen LogP) is 6.10. The molecule has 13 heteroatoms. The van der Waals surface area contributed by atoms with E-state index < -0.39 is 12.1 Å². The number of rotatable bonds is 10. The Hall–Kier alpha value is -5.01. The van der Waals surface area contributed by atoms with Crippen molar-refractivity contribution in [1.82, 2.24) is 40.0 Å². The number of imidazole rings is 2. The molecule has 3 saturated carbocycles. The second kappa shape index (κ2) is 15.7. The van der Waals surface area contributed by atoms with Crippen LogP contribution >= 0.6 is 0 Å². The van der Waals surface area contributed by atoms with Gasteiger partial charge in [-0.2, -0.15) is 0 Å². The third-order valence-electron chi connectivity index (χ3n) is 13.8. The van der Waals surface area contributed by atoms with E-state index in [9.17, 15) is 14.4 Å². The molecule has 13 nitrogen and oxygen atoms in total. The minimum absolute atomic E-state index is 0.0290. The lowest BCUT2D eigenvalue weighted by Gasteiger charge is -2.53. The van der Waals surface area contributed by atoms with Gasteiger partial charge in [-0.3, -0.25) is 14.5 Å². The molecule has 3 N–H and O–H groups in total. The summed E-state index contributed by atoms with van der Waals surface area (Å²) in [5.74, 6) is 1.72. The first kappa shape index (κ1) is 37.6. The standard InChI is InChI=1S/C44H54N8O5/c1-56-42(55)49-38(31-7-3-2-4-8-31)41(54)52-22-6-10-35(52)39-45-27-33(47-39)30-11-13-32(14-12-30)43-15-18-44(19-16-43,20-17-43)36-28-46-40(48-36)34-9-5-21-51(34)37(53)29-50-23-25-57-26-24-50/h2-4,7-8,11-14,27-28,34-35,38H,5-6,9-10,15-26,29H2,1H3,(H,45,47)(H,46,48)(H,49,55). The monoisotopic (exact) mass is 774 g/mol. The number of hydrogen-bond acceptors (Lipinski definition) is 8. The summed E-state index contributed by atoms with van der Waals surface area (Å²) in [6.07, 6.45) is 13.7. The Balaban J connectivity index is 0.841. The molecule has 2 bridgehead atoms. The third kappa shape index (κ3) is 7.24. The van der Waals surface area contributed by atoms with Crippen LogP contribution in [0.5, 0.6) is 0 Å². The maximum absolute atomic E-state index is 13.9. The van der Waals surface area contributed by atoms with Crippen molar-refractivity contribution < 1.29 is 23.9 Å². The summed E-state index contributed by atoms with van der Waals surface area (Å²) in [5, 5.41) is 2.74. The highest BCUT2D eigenvalue weighted by atomic mass is 16.5. The minimum atomic E-state index is -0.854. The Labute approximate surface area is 333 Å². The van der Waals surface area contributed by atoms with E-state index in [1.54, 1.807) is 0 Å². The predicted molar refractivity (Wildman–Crippen MR) is 213 cm³/mol. The number of carbonyl (C=O) groups excluding carboxylic acids is 3. The number of ether oxygens (including phenoxy) is 2. The fourth-order valence-corrected chi connectivity index (χ4v) is 10.4. The summed E-state index contributed by atoms with van der Waals surface area (Å²) in [6, 6.07) is 17.3. The molecule has 10 rings (SSSR count). The molecule has 300 valence electrons. The second-order valence-electron chi connectivity index (χ2n) is 16.8.